The molecule has 29 heavy (non-hydrogen) atoms. The summed E-state index contributed by atoms with van der Waals surface area (Å²) in [6, 6.07) is 13.7. The molecular formula is C24H26BrN3O. The maximum atomic E-state index is 12.6. The molecule has 1 atom stereocenters. The predicted molar refractivity (Wildman–Crippen MR) is 123 cm³/mol. The van der Waals surface area contributed by atoms with E-state index in [2.05, 4.69) is 72.2 Å². The van der Waals surface area contributed by atoms with Crippen molar-refractivity contribution < 1.29 is 4.79 Å². The molecule has 1 N–H and O–H groups in total. The van der Waals surface area contributed by atoms with Gasteiger partial charge in [0.25, 0.3) is 5.91 Å². The van der Waals surface area contributed by atoms with Gasteiger partial charge in [-0.1, -0.05) is 28.9 Å². The third-order valence-corrected chi connectivity index (χ3v) is 6.26. The maximum absolute atomic E-state index is 12.6. The van der Waals surface area contributed by atoms with Gasteiger partial charge in [-0.2, -0.15) is 5.26 Å². The lowest BCUT2D eigenvalue weighted by Gasteiger charge is -2.45. The molecule has 0 fully saturated rings. The van der Waals surface area contributed by atoms with E-state index in [0.717, 1.165) is 22.0 Å². The van der Waals surface area contributed by atoms with E-state index in [1.54, 1.807) is 18.2 Å². The minimum Gasteiger partial charge on any atom is -0.369 e. The lowest BCUT2D eigenvalue weighted by molar-refractivity contribution is -0.112. The number of nitriles is 1. The average molecular weight is 452 g/mol. The zero-order valence-electron chi connectivity index (χ0n) is 17.5. The standard InChI is InChI=1S/C24H26BrN3O/c1-15-9-22-21(16(2)13-24(3,4)28(22)5)11-17(15)10-18(14-26)23(29)27-20-8-6-7-19(25)12-20/h6-12,16H,13H2,1-5H3,(H,27,29)/b18-10-/t16-/m1/s1. The Morgan fingerprint density at radius 3 is 2.72 bits per heavy atom. The number of hydrogen-bond donors (Lipinski definition) is 1. The smallest absolute Gasteiger partial charge is 0.266 e. The highest BCUT2D eigenvalue weighted by atomic mass is 79.9. The van der Waals surface area contributed by atoms with Crippen LogP contribution in [-0.4, -0.2) is 18.5 Å². The summed E-state index contributed by atoms with van der Waals surface area (Å²) in [5.74, 6) is -0.000924. The number of carbonyl (C=O) groups is 1. The van der Waals surface area contributed by atoms with Crippen LogP contribution >= 0.6 is 15.9 Å². The van der Waals surface area contributed by atoms with Crippen LogP contribution in [0.25, 0.3) is 6.08 Å². The SMILES string of the molecule is Cc1cc2c(cc1/C=C(/C#N)C(=O)Nc1cccc(Br)c1)[C@H](C)CC(C)(C)N2C. The van der Waals surface area contributed by atoms with Gasteiger partial charge in [0, 0.05) is 28.4 Å². The van der Waals surface area contributed by atoms with Crippen LogP contribution in [0.4, 0.5) is 11.4 Å². The zero-order valence-corrected chi connectivity index (χ0v) is 19.1. The van der Waals surface area contributed by atoms with Crippen molar-refractivity contribution in [3.63, 3.8) is 0 Å². The Bertz CT molecular complexity index is 1030. The summed E-state index contributed by atoms with van der Waals surface area (Å²) in [7, 11) is 2.13. The number of fused-ring (bicyclic) bond motifs is 1. The van der Waals surface area contributed by atoms with Crippen LogP contribution < -0.4 is 10.2 Å². The normalized spacial score (nSPS) is 18.0. The number of aryl methyl sites for hydroxylation is 1. The van der Waals surface area contributed by atoms with Gasteiger partial charge in [0.15, 0.2) is 0 Å². The van der Waals surface area contributed by atoms with Crippen molar-refractivity contribution in [1.29, 1.82) is 5.26 Å². The van der Waals surface area contributed by atoms with E-state index in [0.29, 0.717) is 11.6 Å². The fourth-order valence-corrected chi connectivity index (χ4v) is 4.36. The minimum atomic E-state index is -0.408. The number of benzene rings is 2. The van der Waals surface area contributed by atoms with Crippen molar-refractivity contribution in [2.75, 3.05) is 17.3 Å². The monoisotopic (exact) mass is 451 g/mol. The van der Waals surface area contributed by atoms with Gasteiger partial charge < -0.3 is 10.2 Å². The summed E-state index contributed by atoms with van der Waals surface area (Å²) in [4.78, 5) is 15.0. The second-order valence-electron chi connectivity index (χ2n) is 8.38. The van der Waals surface area contributed by atoms with Crippen molar-refractivity contribution in [1.82, 2.24) is 0 Å². The minimum absolute atomic E-state index is 0.0881. The average Bonchev–Trinajstić information content (AvgIpc) is 2.64. The van der Waals surface area contributed by atoms with Gasteiger partial charge in [-0.25, -0.2) is 0 Å². The molecule has 0 bridgehead atoms. The number of rotatable bonds is 3. The molecule has 0 radical (unpaired) electrons. The molecule has 1 aliphatic rings. The predicted octanol–water partition coefficient (Wildman–Crippen LogP) is 6.03. The quantitative estimate of drug-likeness (QED) is 0.457. The topological polar surface area (TPSA) is 56.1 Å². The highest BCUT2D eigenvalue weighted by Crippen LogP contribution is 2.43. The third kappa shape index (κ3) is 4.38. The van der Waals surface area contributed by atoms with E-state index < -0.39 is 5.91 Å². The largest absolute Gasteiger partial charge is 0.369 e. The summed E-state index contributed by atoms with van der Waals surface area (Å²) in [6.07, 6.45) is 2.74. The molecule has 2 aromatic carbocycles. The molecule has 0 saturated carbocycles. The summed E-state index contributed by atoms with van der Waals surface area (Å²) >= 11 is 3.39. The van der Waals surface area contributed by atoms with Crippen LogP contribution in [0.3, 0.4) is 0 Å². The van der Waals surface area contributed by atoms with E-state index in [1.807, 2.05) is 19.1 Å². The molecule has 3 rings (SSSR count). The molecule has 150 valence electrons. The number of nitrogens with zero attached hydrogens (tertiary/aromatic N) is 2. The van der Waals surface area contributed by atoms with Crippen LogP contribution in [0, 0.1) is 18.3 Å². The van der Waals surface area contributed by atoms with E-state index in [1.165, 1.54) is 11.3 Å². The number of amides is 1. The maximum Gasteiger partial charge on any atom is 0.266 e. The Balaban J connectivity index is 1.95. The molecule has 1 heterocycles. The van der Waals surface area contributed by atoms with Gasteiger partial charge in [0.1, 0.15) is 11.6 Å². The third-order valence-electron chi connectivity index (χ3n) is 5.77. The molecule has 4 nitrogen and oxygen atoms in total. The lowest BCUT2D eigenvalue weighted by Crippen LogP contribution is -2.45. The second kappa shape index (κ2) is 8.04. The molecule has 5 heteroatoms. The van der Waals surface area contributed by atoms with Gasteiger partial charge in [-0.15, -0.1) is 0 Å². The number of anilines is 2. The van der Waals surface area contributed by atoms with Crippen LogP contribution in [0.2, 0.25) is 0 Å². The molecule has 1 amide bonds. The Morgan fingerprint density at radius 2 is 2.07 bits per heavy atom. The Labute approximate surface area is 181 Å². The highest BCUT2D eigenvalue weighted by molar-refractivity contribution is 9.10. The fourth-order valence-electron chi connectivity index (χ4n) is 3.96. The van der Waals surface area contributed by atoms with Gasteiger partial charge >= 0.3 is 0 Å². The van der Waals surface area contributed by atoms with E-state index in [9.17, 15) is 10.1 Å². The van der Waals surface area contributed by atoms with Crippen molar-refractivity contribution in [2.24, 2.45) is 0 Å². The van der Waals surface area contributed by atoms with Crippen LogP contribution in [-0.2, 0) is 4.79 Å². The van der Waals surface area contributed by atoms with Gasteiger partial charge in [-0.3, -0.25) is 4.79 Å². The molecule has 0 aromatic heterocycles. The second-order valence-corrected chi connectivity index (χ2v) is 9.29. The van der Waals surface area contributed by atoms with E-state index in [-0.39, 0.29) is 11.1 Å². The molecule has 0 spiro atoms. The van der Waals surface area contributed by atoms with E-state index in [4.69, 9.17) is 0 Å². The first-order valence-corrected chi connectivity index (χ1v) is 10.5. The van der Waals surface area contributed by atoms with Gasteiger partial charge in [-0.05, 0) is 86.2 Å². The molecule has 0 aliphatic carbocycles. The first-order valence-electron chi connectivity index (χ1n) is 9.69. The number of carbonyl (C=O) groups excluding carboxylic acids is 1. The first-order chi connectivity index (χ1) is 13.6. The van der Waals surface area contributed by atoms with Gasteiger partial charge in [0.2, 0.25) is 0 Å². The summed E-state index contributed by atoms with van der Waals surface area (Å²) in [6.45, 7) is 8.78. The number of hydrogen-bond acceptors (Lipinski definition) is 3. The van der Waals surface area contributed by atoms with Crippen molar-refractivity contribution in [3.8, 4) is 6.07 Å². The summed E-state index contributed by atoms with van der Waals surface area (Å²) in [5, 5.41) is 12.4. The first kappa shape index (κ1) is 21.1. The number of halogens is 1. The molecule has 2 aromatic rings. The summed E-state index contributed by atoms with van der Waals surface area (Å²) < 4.78 is 0.865. The van der Waals surface area contributed by atoms with Gasteiger partial charge in [0.05, 0.1) is 0 Å². The lowest BCUT2D eigenvalue weighted by atomic mass is 9.79. The summed E-state index contributed by atoms with van der Waals surface area (Å²) in [5.41, 5.74) is 5.26. The molecule has 1 aliphatic heterocycles. The van der Waals surface area contributed by atoms with Crippen molar-refractivity contribution in [3.05, 3.63) is 63.1 Å². The van der Waals surface area contributed by atoms with Crippen LogP contribution in [0.5, 0.6) is 0 Å². The fraction of sp³-hybridized carbons (Fsp3) is 0.333. The van der Waals surface area contributed by atoms with Crippen molar-refractivity contribution in [2.45, 2.75) is 45.6 Å². The molecule has 0 unspecified atom stereocenters. The van der Waals surface area contributed by atoms with E-state index >= 15 is 0 Å². The highest BCUT2D eigenvalue weighted by Gasteiger charge is 2.34. The Morgan fingerprint density at radius 1 is 1.34 bits per heavy atom. The van der Waals surface area contributed by atoms with Crippen LogP contribution in [0.15, 0.2) is 46.4 Å². The zero-order chi connectivity index (χ0) is 21.3. The Hall–Kier alpha value is -2.58. The Kier molecular flexibility index (Phi) is 5.86. The van der Waals surface area contributed by atoms with Crippen LogP contribution in [0.1, 0.15) is 49.8 Å². The molecular weight excluding hydrogens is 426 g/mol. The molecule has 0 saturated heterocycles. The number of nitrogens with one attached hydrogen (secondary N) is 1. The van der Waals surface area contributed by atoms with Crippen molar-refractivity contribution >= 4 is 39.3 Å².